The predicted molar refractivity (Wildman–Crippen MR) is 99.6 cm³/mol. The van der Waals surface area contributed by atoms with Crippen LogP contribution in [0, 0.1) is 5.82 Å². The zero-order valence-electron chi connectivity index (χ0n) is 14.9. The number of hydrogen-bond acceptors (Lipinski definition) is 4. The second kappa shape index (κ2) is 8.64. The van der Waals surface area contributed by atoms with Gasteiger partial charge in [-0.05, 0) is 43.1 Å². The fourth-order valence-electron chi connectivity index (χ4n) is 3.23. The van der Waals surface area contributed by atoms with Gasteiger partial charge in [-0.25, -0.2) is 4.39 Å². The summed E-state index contributed by atoms with van der Waals surface area (Å²) < 4.78 is 18.5. The van der Waals surface area contributed by atoms with Crippen LogP contribution in [0.1, 0.15) is 18.4 Å². The first-order valence-electron chi connectivity index (χ1n) is 8.82. The van der Waals surface area contributed by atoms with E-state index in [1.807, 2.05) is 23.1 Å². The van der Waals surface area contributed by atoms with Crippen LogP contribution in [0.3, 0.4) is 0 Å². The molecule has 0 aromatic heterocycles. The summed E-state index contributed by atoms with van der Waals surface area (Å²) in [6.45, 7) is 1.08. The van der Waals surface area contributed by atoms with Crippen LogP contribution in [0.25, 0.3) is 0 Å². The van der Waals surface area contributed by atoms with Gasteiger partial charge in [-0.15, -0.1) is 0 Å². The van der Waals surface area contributed by atoms with E-state index >= 15 is 0 Å². The summed E-state index contributed by atoms with van der Waals surface area (Å²) in [5, 5.41) is 2.81. The quantitative estimate of drug-likeness (QED) is 0.782. The number of carbonyl (C=O) groups excluding carboxylic acids is 2. The Labute approximate surface area is 157 Å². The Hall–Kier alpha value is -2.93. The molecule has 2 amide bonds. The van der Waals surface area contributed by atoms with Crippen molar-refractivity contribution in [1.29, 1.82) is 0 Å². The number of halogens is 1. The second-order valence-corrected chi connectivity index (χ2v) is 6.48. The number of ether oxygens (including phenoxy) is 1. The highest BCUT2D eigenvalue weighted by molar-refractivity contribution is 5.92. The maximum absolute atomic E-state index is 13.2. The highest BCUT2D eigenvalue weighted by Gasteiger charge is 2.29. The average Bonchev–Trinajstić information content (AvgIpc) is 3.10. The number of rotatable bonds is 7. The molecule has 2 aromatic rings. The molecule has 0 spiro atoms. The third-order valence-corrected chi connectivity index (χ3v) is 4.52. The van der Waals surface area contributed by atoms with E-state index in [1.54, 1.807) is 12.1 Å². The molecule has 1 fully saturated rings. The molecule has 1 aliphatic rings. The number of nitrogens with two attached hydrogens (primary N) is 1. The van der Waals surface area contributed by atoms with Gasteiger partial charge in [-0.3, -0.25) is 14.5 Å². The fraction of sp³-hybridized carbons (Fsp3) is 0.300. The van der Waals surface area contributed by atoms with Gasteiger partial charge in [-0.2, -0.15) is 0 Å². The molecule has 142 valence electrons. The molecule has 3 N–H and O–H groups in total. The van der Waals surface area contributed by atoms with Gasteiger partial charge in [0, 0.05) is 18.3 Å². The van der Waals surface area contributed by atoms with Crippen molar-refractivity contribution >= 4 is 17.5 Å². The number of nitrogens with zero attached hydrogens (tertiary/aromatic N) is 1. The summed E-state index contributed by atoms with van der Waals surface area (Å²) in [6.07, 6.45) is 1.68. The minimum atomic E-state index is -0.423. The number of para-hydroxylation sites is 1. The molecule has 1 unspecified atom stereocenters. The van der Waals surface area contributed by atoms with Crippen LogP contribution in [0.4, 0.5) is 10.1 Å². The zero-order valence-corrected chi connectivity index (χ0v) is 14.9. The van der Waals surface area contributed by atoms with E-state index in [0.717, 1.165) is 24.9 Å². The first kappa shape index (κ1) is 18.8. The molecule has 1 aliphatic heterocycles. The van der Waals surface area contributed by atoms with Crippen LogP contribution in [-0.4, -0.2) is 35.9 Å². The highest BCUT2D eigenvalue weighted by Crippen LogP contribution is 2.23. The van der Waals surface area contributed by atoms with Crippen molar-refractivity contribution in [2.45, 2.75) is 25.4 Å². The maximum atomic E-state index is 13.2. The Morgan fingerprint density at radius 1 is 1.22 bits per heavy atom. The van der Waals surface area contributed by atoms with Crippen LogP contribution in [0.15, 0.2) is 48.5 Å². The smallest absolute Gasteiger partial charge is 0.262 e. The van der Waals surface area contributed by atoms with Crippen molar-refractivity contribution in [1.82, 2.24) is 4.90 Å². The second-order valence-electron chi connectivity index (χ2n) is 6.48. The number of benzene rings is 2. The Morgan fingerprint density at radius 3 is 2.81 bits per heavy atom. The largest absolute Gasteiger partial charge is 0.484 e. The molecule has 0 saturated carbocycles. The molecule has 6 nitrogen and oxygen atoms in total. The van der Waals surface area contributed by atoms with Crippen molar-refractivity contribution in [3.8, 4) is 5.75 Å². The first-order valence-corrected chi connectivity index (χ1v) is 8.82. The van der Waals surface area contributed by atoms with Crippen molar-refractivity contribution in [3.05, 3.63) is 59.9 Å². The van der Waals surface area contributed by atoms with Gasteiger partial charge in [0.2, 0.25) is 5.91 Å². The number of primary amides is 1. The molecule has 0 bridgehead atoms. The van der Waals surface area contributed by atoms with E-state index in [4.69, 9.17) is 10.5 Å². The molecule has 0 radical (unpaired) electrons. The van der Waals surface area contributed by atoms with Gasteiger partial charge >= 0.3 is 0 Å². The lowest BCUT2D eigenvalue weighted by Gasteiger charge is -2.23. The number of anilines is 1. The summed E-state index contributed by atoms with van der Waals surface area (Å²) in [5.41, 5.74) is 7.02. The third kappa shape index (κ3) is 5.04. The minimum Gasteiger partial charge on any atom is -0.484 e. The van der Waals surface area contributed by atoms with E-state index in [-0.39, 0.29) is 24.5 Å². The van der Waals surface area contributed by atoms with Crippen LogP contribution in [0.2, 0.25) is 0 Å². The minimum absolute atomic E-state index is 0.231. The summed E-state index contributed by atoms with van der Waals surface area (Å²) in [7, 11) is 0. The highest BCUT2D eigenvalue weighted by atomic mass is 19.1. The summed E-state index contributed by atoms with van der Waals surface area (Å²) in [5.74, 6) is -0.801. The topological polar surface area (TPSA) is 84.7 Å². The molecule has 1 saturated heterocycles. The van der Waals surface area contributed by atoms with E-state index in [2.05, 4.69) is 5.32 Å². The Morgan fingerprint density at radius 2 is 2.04 bits per heavy atom. The zero-order chi connectivity index (χ0) is 19.2. The summed E-state index contributed by atoms with van der Waals surface area (Å²) in [4.78, 5) is 25.8. The number of hydrogen-bond donors (Lipinski definition) is 2. The van der Waals surface area contributed by atoms with Crippen LogP contribution < -0.4 is 15.8 Å². The molecule has 2 aromatic carbocycles. The van der Waals surface area contributed by atoms with Gasteiger partial charge in [-0.1, -0.05) is 24.3 Å². The molecule has 0 aliphatic carbocycles. The number of amides is 2. The van der Waals surface area contributed by atoms with Crippen molar-refractivity contribution in [3.63, 3.8) is 0 Å². The van der Waals surface area contributed by atoms with Gasteiger partial charge in [0.1, 0.15) is 11.6 Å². The number of carbonyl (C=O) groups is 2. The molecule has 7 heteroatoms. The molecule has 27 heavy (non-hydrogen) atoms. The van der Waals surface area contributed by atoms with E-state index < -0.39 is 5.82 Å². The monoisotopic (exact) mass is 371 g/mol. The average molecular weight is 371 g/mol. The standard InChI is InChI=1S/C20H22FN3O3/c21-15-6-3-7-16(11-15)27-13-19(25)23-17-8-2-1-5-14(17)12-24-10-4-9-18(24)20(22)26/h1-3,5-8,11,18H,4,9-10,12-13H2,(H2,22,26)(H,23,25). The maximum Gasteiger partial charge on any atom is 0.262 e. The lowest BCUT2D eigenvalue weighted by atomic mass is 10.1. The fourth-order valence-corrected chi connectivity index (χ4v) is 3.23. The van der Waals surface area contributed by atoms with E-state index in [1.165, 1.54) is 18.2 Å². The van der Waals surface area contributed by atoms with Gasteiger partial charge < -0.3 is 15.8 Å². The molecule has 1 atom stereocenters. The van der Waals surface area contributed by atoms with E-state index in [0.29, 0.717) is 18.0 Å². The van der Waals surface area contributed by atoms with Crippen molar-refractivity contribution in [2.75, 3.05) is 18.5 Å². The number of nitrogens with one attached hydrogen (secondary N) is 1. The van der Waals surface area contributed by atoms with Crippen molar-refractivity contribution in [2.24, 2.45) is 5.73 Å². The lowest BCUT2D eigenvalue weighted by Crippen LogP contribution is -2.39. The van der Waals surface area contributed by atoms with Gasteiger partial charge in [0.15, 0.2) is 6.61 Å². The lowest BCUT2D eigenvalue weighted by molar-refractivity contribution is -0.122. The Balaban J connectivity index is 1.61. The van der Waals surface area contributed by atoms with Gasteiger partial charge in [0.25, 0.3) is 5.91 Å². The molecular formula is C20H22FN3O3. The summed E-state index contributed by atoms with van der Waals surface area (Å²) >= 11 is 0. The Kier molecular flexibility index (Phi) is 6.03. The Bertz CT molecular complexity index is 828. The predicted octanol–water partition coefficient (Wildman–Crippen LogP) is 2.29. The normalized spacial score (nSPS) is 16.9. The van der Waals surface area contributed by atoms with Crippen molar-refractivity contribution < 1.29 is 18.7 Å². The van der Waals surface area contributed by atoms with Gasteiger partial charge in [0.05, 0.1) is 6.04 Å². The van der Waals surface area contributed by atoms with Crippen LogP contribution in [-0.2, 0) is 16.1 Å². The first-order chi connectivity index (χ1) is 13.0. The molecule has 1 heterocycles. The van der Waals surface area contributed by atoms with Crippen LogP contribution >= 0.6 is 0 Å². The van der Waals surface area contributed by atoms with E-state index in [9.17, 15) is 14.0 Å². The third-order valence-electron chi connectivity index (χ3n) is 4.52. The number of likely N-dealkylation sites (tertiary alicyclic amines) is 1. The van der Waals surface area contributed by atoms with Crippen LogP contribution in [0.5, 0.6) is 5.75 Å². The molecular weight excluding hydrogens is 349 g/mol. The molecule has 3 rings (SSSR count). The SMILES string of the molecule is NC(=O)C1CCCN1Cc1ccccc1NC(=O)COc1cccc(F)c1. The summed E-state index contributed by atoms with van der Waals surface area (Å²) in [6, 6.07) is 12.8.